The first kappa shape index (κ1) is 38.4. The first-order chi connectivity index (χ1) is 23.0. The van der Waals surface area contributed by atoms with Crippen molar-refractivity contribution in [1.29, 1.82) is 0 Å². The predicted octanol–water partition coefficient (Wildman–Crippen LogP) is 0.313. The van der Waals surface area contributed by atoms with Gasteiger partial charge in [0, 0.05) is 35.1 Å². The number of anilines is 1. The Morgan fingerprint density at radius 3 is 2.16 bits per heavy atom. The van der Waals surface area contributed by atoms with Crippen LogP contribution in [0.2, 0.25) is 0 Å². The molecule has 1 heterocycles. The third kappa shape index (κ3) is 11.3. The van der Waals surface area contributed by atoms with Crippen LogP contribution < -0.4 is 38.1 Å². The highest BCUT2D eigenvalue weighted by Gasteiger charge is 2.33. The number of amides is 6. The van der Waals surface area contributed by atoms with Crippen LogP contribution in [0.25, 0.3) is 0 Å². The molecule has 2 aromatic rings. The summed E-state index contributed by atoms with van der Waals surface area (Å²) in [6.45, 7) is 3.61. The number of phenols is 1. The number of nitro benzene ring substituents is 1. The van der Waals surface area contributed by atoms with Crippen LogP contribution >= 0.6 is 22.6 Å². The van der Waals surface area contributed by atoms with Gasteiger partial charge in [0.05, 0.1) is 16.2 Å². The number of rotatable bonds is 9. The van der Waals surface area contributed by atoms with Gasteiger partial charge >= 0.3 is 0 Å². The minimum atomic E-state index is -1.44. The van der Waals surface area contributed by atoms with Crippen LogP contribution in [0, 0.1) is 19.6 Å². The number of benzene rings is 2. The van der Waals surface area contributed by atoms with Crippen molar-refractivity contribution in [2.24, 2.45) is 17.4 Å². The van der Waals surface area contributed by atoms with Gasteiger partial charge in [0.25, 0.3) is 11.6 Å². The van der Waals surface area contributed by atoms with Gasteiger partial charge in [0.1, 0.15) is 29.9 Å². The molecular weight excluding hydrogens is 755 g/mol. The lowest BCUT2D eigenvalue weighted by molar-refractivity contribution is -0.385. The maximum atomic E-state index is 13.8. The summed E-state index contributed by atoms with van der Waals surface area (Å²) in [7, 11) is 0. The number of carbonyl (C=O) groups excluding carboxylic acids is 6. The Morgan fingerprint density at radius 2 is 1.57 bits per heavy atom. The molecule has 6 amide bonds. The number of nitrogens with two attached hydrogens (primary N) is 2. The lowest BCUT2D eigenvalue weighted by atomic mass is 10.00. The molecule has 0 radical (unpaired) electrons. The molecule has 4 atom stereocenters. The Balaban J connectivity index is 2.14. The number of halogens is 1. The molecule has 3 rings (SSSR count). The first-order valence-electron chi connectivity index (χ1n) is 15.3. The van der Waals surface area contributed by atoms with Crippen molar-refractivity contribution in [3.63, 3.8) is 0 Å². The molecule has 264 valence electrons. The highest BCUT2D eigenvalue weighted by atomic mass is 127. The summed E-state index contributed by atoms with van der Waals surface area (Å²) in [5, 5.41) is 34.7. The number of fused-ring (bicyclic) bond motifs is 1. The van der Waals surface area contributed by atoms with Crippen LogP contribution in [0.1, 0.15) is 55.5 Å². The highest BCUT2D eigenvalue weighted by molar-refractivity contribution is 14.1. The lowest BCUT2D eigenvalue weighted by Crippen LogP contribution is -2.58. The fourth-order valence-corrected chi connectivity index (χ4v) is 5.87. The van der Waals surface area contributed by atoms with Crippen molar-refractivity contribution in [3.05, 3.63) is 61.2 Å². The van der Waals surface area contributed by atoms with Gasteiger partial charge in [-0.3, -0.25) is 38.9 Å². The molecular formula is C31H39IN8O9. The molecule has 0 aromatic heterocycles. The Kier molecular flexibility index (Phi) is 13.7. The quantitative estimate of drug-likeness (QED) is 0.0978. The smallest absolute Gasteiger partial charge is 0.271 e. The zero-order valence-electron chi connectivity index (χ0n) is 26.8. The van der Waals surface area contributed by atoms with Crippen LogP contribution in [0.5, 0.6) is 5.75 Å². The topological polar surface area (TPSA) is 278 Å². The van der Waals surface area contributed by atoms with Crippen molar-refractivity contribution < 1.29 is 38.8 Å². The fourth-order valence-electron chi connectivity index (χ4n) is 5.07. The fraction of sp³-hybridized carbons (Fsp3) is 0.419. The zero-order valence-corrected chi connectivity index (χ0v) is 28.9. The van der Waals surface area contributed by atoms with E-state index in [1.54, 1.807) is 22.6 Å². The normalized spacial score (nSPS) is 20.8. The van der Waals surface area contributed by atoms with Gasteiger partial charge in [-0.15, -0.1) is 0 Å². The van der Waals surface area contributed by atoms with Crippen LogP contribution in [0.3, 0.4) is 0 Å². The average Bonchev–Trinajstić information content (AvgIpc) is 3.02. The van der Waals surface area contributed by atoms with E-state index in [1.165, 1.54) is 30.3 Å². The van der Waals surface area contributed by atoms with Crippen molar-refractivity contribution in [1.82, 2.24) is 21.3 Å². The Bertz CT molecular complexity index is 1600. The van der Waals surface area contributed by atoms with Gasteiger partial charge in [0.2, 0.25) is 29.5 Å². The van der Waals surface area contributed by atoms with Crippen molar-refractivity contribution >= 4 is 69.4 Å². The number of nitrogens with zero attached hydrogens (tertiary/aromatic N) is 1. The average molecular weight is 795 g/mol. The molecule has 2 aromatic carbocycles. The molecule has 10 N–H and O–H groups in total. The molecule has 49 heavy (non-hydrogen) atoms. The van der Waals surface area contributed by atoms with Crippen molar-refractivity contribution in [2.45, 2.75) is 70.1 Å². The summed E-state index contributed by atoms with van der Waals surface area (Å²) in [6.07, 6.45) is -0.652. The van der Waals surface area contributed by atoms with Crippen LogP contribution in [-0.2, 0) is 30.4 Å². The molecule has 0 saturated carbocycles. The summed E-state index contributed by atoms with van der Waals surface area (Å²) in [5.74, 6) is -5.06. The summed E-state index contributed by atoms with van der Waals surface area (Å²) in [6, 6.07) is 2.90. The van der Waals surface area contributed by atoms with Crippen LogP contribution in [0.4, 0.5) is 11.4 Å². The second kappa shape index (κ2) is 17.4. The number of phenolic OH excluding ortho intramolecular Hbond substituents is 1. The largest absolute Gasteiger partial charge is 0.508 e. The number of nitrogens with one attached hydrogen (secondary N) is 5. The summed E-state index contributed by atoms with van der Waals surface area (Å²) < 4.78 is 0.258. The minimum absolute atomic E-state index is 0.0382. The molecule has 0 spiro atoms. The van der Waals surface area contributed by atoms with Crippen LogP contribution in [0.15, 0.2) is 36.4 Å². The molecule has 17 nitrogen and oxygen atoms in total. The van der Waals surface area contributed by atoms with E-state index < -0.39 is 70.2 Å². The number of hydrogen-bond acceptors (Lipinski definition) is 10. The van der Waals surface area contributed by atoms with E-state index in [4.69, 9.17) is 11.5 Å². The molecule has 0 aliphatic carbocycles. The SMILES string of the molecule is CC(C)C[C@@H]1NC(=O)[C@H](Cc2ccc(O)cc2)NC(=O)[C@H](CCC(N)=O)NC(=O)c2cc([N+](=O)[O-])cc(I)c2NCC[C@@H](C(N)=O)NC1=O. The van der Waals surface area contributed by atoms with E-state index in [1.807, 2.05) is 13.8 Å². The van der Waals surface area contributed by atoms with Gasteiger partial charge in [-0.05, 0) is 65.5 Å². The Hall–Kier alpha value is -5.01. The standard InChI is InChI=1S/C31H39IN8O9/c1-15(2)11-23-30(46)36-21(27(34)43)9-10-35-26-19(13-17(40(48)49)14-20(26)32)28(44)37-22(7-8-25(33)42)29(45)39-24(31(47)38-23)12-16-3-5-18(41)6-4-16/h3-6,13-15,21-24,35,41H,7-12H2,1-2H3,(H2,33,42)(H2,34,43)(H,36,46)(H,37,44)(H,38,47)(H,39,45)/t21-,22-,23-,24-/m0/s1. The zero-order chi connectivity index (χ0) is 36.4. The number of primary amides is 2. The van der Waals surface area contributed by atoms with Gasteiger partial charge < -0.3 is 43.2 Å². The van der Waals surface area contributed by atoms with Gasteiger partial charge in [-0.1, -0.05) is 26.0 Å². The predicted molar refractivity (Wildman–Crippen MR) is 185 cm³/mol. The molecule has 1 aliphatic rings. The third-order valence-electron chi connectivity index (χ3n) is 7.58. The molecule has 0 bridgehead atoms. The number of carbonyl (C=O) groups is 6. The van der Waals surface area contributed by atoms with Crippen LogP contribution in [-0.4, -0.2) is 76.2 Å². The number of non-ortho nitro benzene ring substituents is 1. The summed E-state index contributed by atoms with van der Waals surface area (Å²) in [4.78, 5) is 89.8. The Labute approximate surface area is 295 Å². The number of nitro groups is 1. The van der Waals surface area contributed by atoms with E-state index in [0.29, 0.717) is 5.56 Å². The number of hydrogen-bond donors (Lipinski definition) is 8. The van der Waals surface area contributed by atoms with E-state index in [2.05, 4.69) is 26.6 Å². The maximum Gasteiger partial charge on any atom is 0.271 e. The monoisotopic (exact) mass is 794 g/mol. The molecule has 18 heteroatoms. The molecule has 0 unspecified atom stereocenters. The van der Waals surface area contributed by atoms with E-state index in [-0.39, 0.29) is 65.1 Å². The van der Waals surface area contributed by atoms with Crippen molar-refractivity contribution in [3.8, 4) is 5.75 Å². The van der Waals surface area contributed by atoms with Crippen molar-refractivity contribution in [2.75, 3.05) is 11.9 Å². The van der Waals surface area contributed by atoms with Gasteiger partial charge in [-0.25, -0.2) is 0 Å². The minimum Gasteiger partial charge on any atom is -0.508 e. The van der Waals surface area contributed by atoms with E-state index in [9.17, 15) is 44.0 Å². The van der Waals surface area contributed by atoms with Gasteiger partial charge in [-0.2, -0.15) is 0 Å². The second-order valence-corrected chi connectivity index (χ2v) is 13.1. The molecule has 1 aliphatic heterocycles. The third-order valence-corrected chi connectivity index (χ3v) is 8.43. The first-order valence-corrected chi connectivity index (χ1v) is 16.4. The number of aromatic hydroxyl groups is 1. The maximum absolute atomic E-state index is 13.8. The summed E-state index contributed by atoms with van der Waals surface area (Å²) in [5.41, 5.74) is 10.9. The van der Waals surface area contributed by atoms with E-state index >= 15 is 0 Å². The molecule has 0 fully saturated rings. The lowest BCUT2D eigenvalue weighted by Gasteiger charge is -2.27. The van der Waals surface area contributed by atoms with Gasteiger partial charge in [0.15, 0.2) is 0 Å². The second-order valence-electron chi connectivity index (χ2n) is 11.9. The Morgan fingerprint density at radius 1 is 0.959 bits per heavy atom. The van der Waals surface area contributed by atoms with E-state index in [0.717, 1.165) is 6.07 Å². The highest BCUT2D eigenvalue weighted by Crippen LogP contribution is 2.29. The summed E-state index contributed by atoms with van der Waals surface area (Å²) >= 11 is 1.79. The molecule has 0 saturated heterocycles.